The number of cyclic esters (lactones) is 1. The number of methoxy groups -OCH3 is 1. The fourth-order valence-corrected chi connectivity index (χ4v) is 8.28. The zero-order chi connectivity index (χ0) is 55.2. The van der Waals surface area contributed by atoms with Crippen molar-refractivity contribution in [2.75, 3.05) is 27.7 Å². The molecule has 1 aromatic carbocycles. The van der Waals surface area contributed by atoms with Crippen LogP contribution in [0.15, 0.2) is 29.3 Å². The molecule has 406 valence electrons. The highest BCUT2D eigenvalue weighted by molar-refractivity contribution is 5.99. The summed E-state index contributed by atoms with van der Waals surface area (Å²) in [7, 11) is 3.68. The summed E-state index contributed by atoms with van der Waals surface area (Å²) in [6, 6.07) is -7.09. The largest absolute Gasteiger partial charge is 0.508 e. The molecule has 2 aliphatic heterocycles. The van der Waals surface area contributed by atoms with Crippen LogP contribution in [0.25, 0.3) is 0 Å². The maximum atomic E-state index is 14.8. The molecule has 0 saturated carbocycles. The van der Waals surface area contributed by atoms with Gasteiger partial charge < -0.3 is 78.6 Å². The molecule has 26 heteroatoms. The maximum absolute atomic E-state index is 14.8. The Morgan fingerprint density at radius 2 is 1.38 bits per heavy atom. The van der Waals surface area contributed by atoms with Gasteiger partial charge in [0.25, 0.3) is 0 Å². The van der Waals surface area contributed by atoms with Crippen LogP contribution in [-0.2, 0) is 57.4 Å². The molecule has 2 saturated heterocycles. The summed E-state index contributed by atoms with van der Waals surface area (Å²) in [6.45, 7) is 10.4. The molecule has 2 fully saturated rings. The average molecular weight is 1030 g/mol. The second-order valence-electron chi connectivity index (χ2n) is 19.0. The molecule has 9 amide bonds. The number of hydrogen-bond donors (Lipinski definition) is 11. The molecule has 0 bridgehead atoms. The van der Waals surface area contributed by atoms with Crippen LogP contribution in [0.2, 0.25) is 0 Å². The molecule has 1 aromatic rings. The minimum Gasteiger partial charge on any atom is -0.508 e. The van der Waals surface area contributed by atoms with Gasteiger partial charge in [0.05, 0.1) is 6.10 Å². The lowest BCUT2D eigenvalue weighted by Gasteiger charge is -2.36. The number of carbonyl (C=O) groups excluding carboxylic acids is 10. The van der Waals surface area contributed by atoms with Crippen LogP contribution < -0.4 is 49.1 Å². The molecule has 2 aliphatic rings. The Kier molecular flexibility index (Phi) is 22.4. The number of carbonyl (C=O) groups is 10. The van der Waals surface area contributed by atoms with E-state index < -0.39 is 144 Å². The molecule has 2 heterocycles. The molecule has 3 unspecified atom stereocenters. The number of likely N-dealkylation sites (N-methyl/N-ethyl adjacent to an activating group) is 2. The first-order valence-electron chi connectivity index (χ1n) is 24.0. The number of hydrogen-bond acceptors (Lipinski definition) is 15. The highest BCUT2D eigenvalue weighted by Gasteiger charge is 2.45. The third-order valence-electron chi connectivity index (χ3n) is 13.0. The van der Waals surface area contributed by atoms with Crippen molar-refractivity contribution in [1.82, 2.24) is 41.7 Å². The van der Waals surface area contributed by atoms with Gasteiger partial charge in [-0.1, -0.05) is 39.8 Å². The topological polar surface area (TPSA) is 399 Å². The van der Waals surface area contributed by atoms with Crippen LogP contribution in [0.5, 0.6) is 5.75 Å². The maximum Gasteiger partial charge on any atom is 0.328 e. The van der Waals surface area contributed by atoms with Crippen LogP contribution in [0.3, 0.4) is 0 Å². The number of guanidine groups is 1. The Labute approximate surface area is 424 Å². The summed E-state index contributed by atoms with van der Waals surface area (Å²) >= 11 is 0. The van der Waals surface area contributed by atoms with Crippen molar-refractivity contribution in [3.8, 4) is 5.75 Å². The zero-order valence-electron chi connectivity index (χ0n) is 43.0. The number of amides is 9. The predicted octanol–water partition coefficient (Wildman–Crippen LogP) is -3.36. The number of ether oxygens (including phenoxy) is 2. The Balaban J connectivity index is 2.30. The van der Waals surface area contributed by atoms with E-state index in [-0.39, 0.29) is 55.4 Å². The molecule has 0 spiro atoms. The van der Waals surface area contributed by atoms with Gasteiger partial charge in [-0.3, -0.25) is 48.1 Å². The molecule has 0 aliphatic carbocycles. The van der Waals surface area contributed by atoms with Crippen LogP contribution in [0.4, 0.5) is 0 Å². The van der Waals surface area contributed by atoms with Crippen molar-refractivity contribution < 1.29 is 67.6 Å². The Morgan fingerprint density at radius 1 is 0.781 bits per heavy atom. The first-order chi connectivity index (χ1) is 34.1. The van der Waals surface area contributed by atoms with Crippen LogP contribution in [0.1, 0.15) is 92.2 Å². The van der Waals surface area contributed by atoms with Crippen molar-refractivity contribution in [3.63, 3.8) is 0 Å². The number of rotatable bonds is 15. The van der Waals surface area contributed by atoms with Crippen LogP contribution in [0, 0.1) is 17.8 Å². The van der Waals surface area contributed by atoms with Gasteiger partial charge in [0.15, 0.2) is 5.96 Å². The summed E-state index contributed by atoms with van der Waals surface area (Å²) in [4.78, 5) is 145. The predicted molar refractivity (Wildman–Crippen MR) is 262 cm³/mol. The van der Waals surface area contributed by atoms with Gasteiger partial charge in [0.2, 0.25) is 53.2 Å². The van der Waals surface area contributed by atoms with E-state index in [4.69, 9.17) is 26.7 Å². The fraction of sp³-hybridized carbons (Fsp3) is 0.638. The lowest BCUT2D eigenvalue weighted by Crippen LogP contribution is -2.63. The monoisotopic (exact) mass is 1030 g/mol. The minimum absolute atomic E-state index is 0.0162. The van der Waals surface area contributed by atoms with Gasteiger partial charge >= 0.3 is 5.97 Å². The van der Waals surface area contributed by atoms with Gasteiger partial charge in [-0.05, 0) is 76.0 Å². The number of nitrogens with zero attached hydrogens (tertiary/aromatic N) is 3. The highest BCUT2D eigenvalue weighted by Crippen LogP contribution is 2.27. The molecular weight excluding hydrogens is 957 g/mol. The number of aliphatic hydroxyl groups is 1. The second-order valence-corrected chi connectivity index (χ2v) is 19.0. The van der Waals surface area contributed by atoms with Crippen LogP contribution >= 0.6 is 0 Å². The van der Waals surface area contributed by atoms with Gasteiger partial charge in [-0.2, -0.15) is 0 Å². The lowest BCUT2D eigenvalue weighted by atomic mass is 9.93. The highest BCUT2D eigenvalue weighted by atomic mass is 16.5. The number of primary amides is 1. The minimum atomic E-state index is -1.85. The van der Waals surface area contributed by atoms with Crippen molar-refractivity contribution in [1.29, 1.82) is 0 Å². The first-order valence-corrected chi connectivity index (χ1v) is 24.0. The van der Waals surface area contributed by atoms with E-state index in [1.165, 1.54) is 59.3 Å². The molecule has 14 N–H and O–H groups in total. The summed E-state index contributed by atoms with van der Waals surface area (Å²) in [5.74, 6) is -11.1. The third-order valence-corrected chi connectivity index (χ3v) is 13.0. The number of phenolic OH excluding ortho intramolecular Hbond substituents is 1. The molecule has 3 rings (SSSR count). The number of phenols is 1. The smallest absolute Gasteiger partial charge is 0.328 e. The summed E-state index contributed by atoms with van der Waals surface area (Å²) in [6.07, 6.45) is -5.55. The van der Waals surface area contributed by atoms with Crippen molar-refractivity contribution in [2.24, 2.45) is 39.9 Å². The SMILES string of the molecule is COC(c1ccc(O)cc1)C1NC(=O)[C@H](CCC(N)=O)N(C)C(=O)[C@H](CC(C)C)NC(=O)[C@@H](CCCN=C(N)N)NC(=O)[C@H](C(C)O)NC(=O)[C@@H](NC(=O)[C@H]2NC(=O)[C@H](C)[C@@H]2C)[C@@H](C)OC(=O)[C@H](C)N(C)C1=O. The molecule has 26 nitrogen and oxygen atoms in total. The number of nitrogens with two attached hydrogens (primary N) is 3. The van der Waals surface area contributed by atoms with E-state index in [2.05, 4.69) is 36.9 Å². The van der Waals surface area contributed by atoms with Gasteiger partial charge in [0.1, 0.15) is 66.3 Å². The summed E-state index contributed by atoms with van der Waals surface area (Å²) in [5, 5.41) is 36.3. The average Bonchev–Trinajstić information content (AvgIpc) is 3.58. The number of aliphatic hydroxyl groups excluding tert-OH is 1. The van der Waals surface area contributed by atoms with E-state index in [9.17, 15) is 58.2 Å². The Hall–Kier alpha value is -7.09. The van der Waals surface area contributed by atoms with Crippen molar-refractivity contribution in [2.45, 2.75) is 147 Å². The Bertz CT molecular complexity index is 2210. The molecule has 0 aromatic heterocycles. The number of aromatic hydroxyl groups is 1. The normalized spacial score (nSPS) is 28.2. The molecule has 0 radical (unpaired) electrons. The van der Waals surface area contributed by atoms with Gasteiger partial charge in [-0.15, -0.1) is 0 Å². The van der Waals surface area contributed by atoms with E-state index in [1.54, 1.807) is 27.7 Å². The molecule has 13 atom stereocenters. The third kappa shape index (κ3) is 16.5. The van der Waals surface area contributed by atoms with E-state index in [0.29, 0.717) is 0 Å². The number of aliphatic imine (C=N–C) groups is 1. The number of benzene rings is 1. The van der Waals surface area contributed by atoms with E-state index in [1.807, 2.05) is 0 Å². The van der Waals surface area contributed by atoms with Crippen LogP contribution in [-0.4, -0.2) is 173 Å². The van der Waals surface area contributed by atoms with E-state index in [0.717, 1.165) is 16.7 Å². The Morgan fingerprint density at radius 3 is 1.92 bits per heavy atom. The second kappa shape index (κ2) is 27.1. The van der Waals surface area contributed by atoms with Crippen molar-refractivity contribution >= 4 is 65.1 Å². The molecule has 73 heavy (non-hydrogen) atoms. The number of esters is 1. The first kappa shape index (κ1) is 60.2. The fourth-order valence-electron chi connectivity index (χ4n) is 8.28. The quantitative estimate of drug-likeness (QED) is 0.0354. The van der Waals surface area contributed by atoms with E-state index >= 15 is 0 Å². The summed E-state index contributed by atoms with van der Waals surface area (Å²) < 4.78 is 11.5. The summed E-state index contributed by atoms with van der Waals surface area (Å²) in [5.41, 5.74) is 16.8. The molecular formula is C47H74N12O14. The standard InChI is InChI=1S/C47H74N12O14/c1-21(2)20-30-44(69)59(9)31(17-18-32(48)62)40(65)57-36(37(72-10)27-13-15-28(61)16-14-27)45(70)58(8)24(5)46(71)73-26(7)35(56-41(66)33-22(3)23(4)38(63)54-33)43(68)55-34(25(6)60)42(67)52-29(39(64)53-30)12-11-19-51-47(49)50/h13-16,21-26,29-31,33-37,60-61H,11-12,17-20H2,1-10H3,(H2,48,62)(H,52,67)(H,53,64)(H,54,63)(H,55,68)(H,56,66)(H,57,65)(H4,49,50,51)/t22-,23+,24-,25?,26+,29+,30-,31-,33-,34-,35-,36?,37?/m0/s1. The van der Waals surface area contributed by atoms with Crippen molar-refractivity contribution in [3.05, 3.63) is 29.8 Å². The number of nitrogens with one attached hydrogen (secondary N) is 6. The van der Waals surface area contributed by atoms with Gasteiger partial charge in [0, 0.05) is 40.1 Å². The lowest BCUT2D eigenvalue weighted by molar-refractivity contribution is -0.161. The zero-order valence-corrected chi connectivity index (χ0v) is 43.0. The van der Waals surface area contributed by atoms with Gasteiger partial charge in [-0.25, -0.2) is 4.79 Å².